The normalized spacial score (nSPS) is 14.6. The first-order valence-electron chi connectivity index (χ1n) is 5.76. The van der Waals surface area contributed by atoms with E-state index in [1.807, 2.05) is 0 Å². The lowest BCUT2D eigenvalue weighted by Crippen LogP contribution is -2.30. The quantitative estimate of drug-likeness (QED) is 0.807. The first-order chi connectivity index (χ1) is 9.08. The largest absolute Gasteiger partial charge is 0.478 e. The van der Waals surface area contributed by atoms with E-state index < -0.39 is 11.8 Å². The van der Waals surface area contributed by atoms with Crippen LogP contribution in [0.25, 0.3) is 0 Å². The van der Waals surface area contributed by atoms with Crippen LogP contribution in [0.2, 0.25) is 0 Å². The zero-order valence-corrected chi connectivity index (χ0v) is 10.9. The monoisotopic (exact) mass is 284 g/mol. The van der Waals surface area contributed by atoms with Crippen LogP contribution < -0.4 is 5.32 Å². The molecule has 2 N–H and O–H groups in total. The minimum Gasteiger partial charge on any atom is -0.478 e. The van der Waals surface area contributed by atoms with Crippen LogP contribution in [0.1, 0.15) is 10.4 Å². The average molecular weight is 284 g/mol. The molecule has 2 amide bonds. The Labute approximate surface area is 113 Å². The third-order valence-electron chi connectivity index (χ3n) is 2.74. The summed E-state index contributed by atoms with van der Waals surface area (Å²) in [5.74, 6) is -1.01. The van der Waals surface area contributed by atoms with Crippen LogP contribution in [0, 0.1) is 5.82 Å². The smallest absolute Gasteiger partial charge is 0.335 e. The van der Waals surface area contributed by atoms with Gasteiger partial charge in [-0.25, -0.2) is 14.0 Å². The van der Waals surface area contributed by atoms with Gasteiger partial charge in [-0.1, -0.05) is 0 Å². The highest BCUT2D eigenvalue weighted by molar-refractivity contribution is 7.99. The number of nitrogens with zero attached hydrogens (tertiary/aromatic N) is 1. The van der Waals surface area contributed by atoms with Crippen LogP contribution in [-0.4, -0.2) is 47.4 Å². The molecule has 0 unspecified atom stereocenters. The molecule has 5 nitrogen and oxygen atoms in total. The van der Waals surface area contributed by atoms with Crippen molar-refractivity contribution < 1.29 is 19.1 Å². The maximum absolute atomic E-state index is 13.5. The van der Waals surface area contributed by atoms with E-state index in [-0.39, 0.29) is 11.6 Å². The van der Waals surface area contributed by atoms with E-state index in [4.69, 9.17) is 5.11 Å². The van der Waals surface area contributed by atoms with Crippen molar-refractivity contribution in [3.8, 4) is 0 Å². The summed E-state index contributed by atoms with van der Waals surface area (Å²) in [7, 11) is 0. The lowest BCUT2D eigenvalue weighted by atomic mass is 10.2. The third kappa shape index (κ3) is 3.37. The van der Waals surface area contributed by atoms with Gasteiger partial charge in [0.1, 0.15) is 5.82 Å². The van der Waals surface area contributed by atoms with Crippen molar-refractivity contribution in [2.24, 2.45) is 0 Å². The van der Waals surface area contributed by atoms with E-state index in [0.29, 0.717) is 30.3 Å². The number of urea groups is 1. The first-order valence-corrected chi connectivity index (χ1v) is 6.75. The van der Waals surface area contributed by atoms with Gasteiger partial charge in [0.2, 0.25) is 0 Å². The van der Waals surface area contributed by atoms with Crippen LogP contribution in [0.3, 0.4) is 0 Å². The number of nitrogens with one attached hydrogen (secondary N) is 1. The minimum absolute atomic E-state index is 0.0582. The van der Waals surface area contributed by atoms with Gasteiger partial charge in [-0.2, -0.15) is 0 Å². The van der Waals surface area contributed by atoms with Crippen LogP contribution in [0.15, 0.2) is 23.1 Å². The van der Waals surface area contributed by atoms with Crippen LogP contribution in [-0.2, 0) is 0 Å². The topological polar surface area (TPSA) is 69.6 Å². The molecule has 1 fully saturated rings. The number of amides is 2. The molecular weight excluding hydrogens is 271 g/mol. The Morgan fingerprint density at radius 1 is 1.53 bits per heavy atom. The van der Waals surface area contributed by atoms with Gasteiger partial charge in [0, 0.05) is 30.3 Å². The van der Waals surface area contributed by atoms with Gasteiger partial charge >= 0.3 is 12.0 Å². The van der Waals surface area contributed by atoms with Crippen LogP contribution in [0.4, 0.5) is 9.18 Å². The number of aromatic carboxylic acids is 1. The number of thioether (sulfide) groups is 1. The SMILES string of the molecule is O=C(O)c1ccc(F)c(SCCN2CCNC2=O)c1. The number of hydrogen-bond acceptors (Lipinski definition) is 3. The minimum atomic E-state index is -1.08. The lowest BCUT2D eigenvalue weighted by molar-refractivity contribution is 0.0696. The molecule has 1 heterocycles. The van der Waals surface area contributed by atoms with Gasteiger partial charge in [0.05, 0.1) is 5.56 Å². The molecule has 19 heavy (non-hydrogen) atoms. The Balaban J connectivity index is 1.93. The number of benzene rings is 1. The van der Waals surface area contributed by atoms with Gasteiger partial charge in [-0.3, -0.25) is 0 Å². The molecule has 1 saturated heterocycles. The molecule has 1 aliphatic heterocycles. The second-order valence-electron chi connectivity index (χ2n) is 4.02. The number of halogens is 1. The number of carboxylic acid groups (broad SMARTS) is 1. The molecule has 1 aliphatic rings. The molecule has 0 atom stereocenters. The lowest BCUT2D eigenvalue weighted by Gasteiger charge is -2.13. The zero-order chi connectivity index (χ0) is 13.8. The second kappa shape index (κ2) is 5.92. The van der Waals surface area contributed by atoms with Crippen molar-refractivity contribution in [1.82, 2.24) is 10.2 Å². The van der Waals surface area contributed by atoms with Gasteiger partial charge in [0.25, 0.3) is 0 Å². The molecule has 0 aliphatic carbocycles. The maximum Gasteiger partial charge on any atom is 0.335 e. The Morgan fingerprint density at radius 2 is 2.32 bits per heavy atom. The summed E-state index contributed by atoms with van der Waals surface area (Å²) in [6.07, 6.45) is 0. The van der Waals surface area contributed by atoms with E-state index >= 15 is 0 Å². The molecule has 1 aromatic rings. The third-order valence-corrected chi connectivity index (χ3v) is 3.75. The van der Waals surface area contributed by atoms with Crippen molar-refractivity contribution in [3.63, 3.8) is 0 Å². The van der Waals surface area contributed by atoms with Gasteiger partial charge in [-0.15, -0.1) is 11.8 Å². The number of rotatable bonds is 5. The standard InChI is InChI=1S/C12H13FN2O3S/c13-9-2-1-8(11(16)17)7-10(9)19-6-5-15-4-3-14-12(15)18/h1-2,7H,3-6H2,(H,14,18)(H,16,17). The maximum atomic E-state index is 13.5. The van der Waals surface area contributed by atoms with Gasteiger partial charge < -0.3 is 15.3 Å². The summed E-state index contributed by atoms with van der Waals surface area (Å²) in [4.78, 5) is 24.0. The fourth-order valence-corrected chi connectivity index (χ4v) is 2.69. The number of carbonyl (C=O) groups excluding carboxylic acids is 1. The van der Waals surface area contributed by atoms with Crippen molar-refractivity contribution in [2.75, 3.05) is 25.4 Å². The van der Waals surface area contributed by atoms with Gasteiger partial charge in [-0.05, 0) is 18.2 Å². The van der Waals surface area contributed by atoms with E-state index in [0.717, 1.165) is 6.07 Å². The highest BCUT2D eigenvalue weighted by Crippen LogP contribution is 2.23. The van der Waals surface area contributed by atoms with Crippen molar-refractivity contribution in [2.45, 2.75) is 4.90 Å². The van der Waals surface area contributed by atoms with E-state index in [2.05, 4.69) is 5.32 Å². The number of carboxylic acids is 1. The van der Waals surface area contributed by atoms with E-state index in [1.54, 1.807) is 4.90 Å². The van der Waals surface area contributed by atoms with Crippen LogP contribution >= 0.6 is 11.8 Å². The highest BCUT2D eigenvalue weighted by atomic mass is 32.2. The van der Waals surface area contributed by atoms with E-state index in [1.165, 1.54) is 23.9 Å². The molecule has 0 spiro atoms. The zero-order valence-electron chi connectivity index (χ0n) is 10.1. The van der Waals surface area contributed by atoms with Crippen molar-refractivity contribution >= 4 is 23.8 Å². The summed E-state index contributed by atoms with van der Waals surface area (Å²) in [6, 6.07) is 3.58. The predicted octanol–water partition coefficient (Wildman–Crippen LogP) is 1.64. The first kappa shape index (κ1) is 13.7. The molecule has 7 heteroatoms. The summed E-state index contributed by atoms with van der Waals surface area (Å²) < 4.78 is 13.5. The predicted molar refractivity (Wildman–Crippen MR) is 69.1 cm³/mol. The Hall–Kier alpha value is -1.76. The highest BCUT2D eigenvalue weighted by Gasteiger charge is 2.18. The summed E-state index contributed by atoms with van der Waals surface area (Å²) in [5, 5.41) is 11.5. The Kier molecular flexibility index (Phi) is 4.26. The summed E-state index contributed by atoms with van der Waals surface area (Å²) in [5.41, 5.74) is 0.0582. The average Bonchev–Trinajstić information content (AvgIpc) is 2.77. The fraction of sp³-hybridized carbons (Fsp3) is 0.333. The van der Waals surface area contributed by atoms with Gasteiger partial charge in [0.15, 0.2) is 0 Å². The van der Waals surface area contributed by atoms with Crippen molar-refractivity contribution in [3.05, 3.63) is 29.6 Å². The van der Waals surface area contributed by atoms with Crippen molar-refractivity contribution in [1.29, 1.82) is 0 Å². The summed E-state index contributed by atoms with van der Waals surface area (Å²) >= 11 is 1.21. The summed E-state index contributed by atoms with van der Waals surface area (Å²) in [6.45, 7) is 1.79. The number of carbonyl (C=O) groups is 2. The molecule has 102 valence electrons. The van der Waals surface area contributed by atoms with Crippen LogP contribution in [0.5, 0.6) is 0 Å². The molecular formula is C12H13FN2O3S. The second-order valence-corrected chi connectivity index (χ2v) is 5.15. The molecule has 2 rings (SSSR count). The molecule has 0 radical (unpaired) electrons. The Bertz CT molecular complexity index is 510. The Morgan fingerprint density at radius 3 is 2.95 bits per heavy atom. The molecule has 0 aromatic heterocycles. The molecule has 0 bridgehead atoms. The molecule has 1 aromatic carbocycles. The molecule has 0 saturated carbocycles. The number of hydrogen-bond donors (Lipinski definition) is 2. The van der Waals surface area contributed by atoms with E-state index in [9.17, 15) is 14.0 Å². The fourth-order valence-electron chi connectivity index (χ4n) is 1.74.